The number of anilines is 1. The van der Waals surface area contributed by atoms with Crippen LogP contribution in [0.1, 0.15) is 49.1 Å². The highest BCUT2D eigenvalue weighted by molar-refractivity contribution is 6.30. The van der Waals surface area contributed by atoms with E-state index in [1.165, 1.54) is 41.2 Å². The second-order valence-corrected chi connectivity index (χ2v) is 12.1. The number of nitrogens with zero attached hydrogens (tertiary/aromatic N) is 2. The molecule has 2 aliphatic rings. The van der Waals surface area contributed by atoms with Crippen molar-refractivity contribution < 1.29 is 4.74 Å². The molecule has 0 atom stereocenters. The van der Waals surface area contributed by atoms with Gasteiger partial charge in [0.25, 0.3) is 0 Å². The Bertz CT molecular complexity index is 1690. The van der Waals surface area contributed by atoms with E-state index in [0.29, 0.717) is 6.04 Å². The fraction of sp³-hybridized carbons (Fsp3) is 0.306. The Balaban J connectivity index is 1.05. The van der Waals surface area contributed by atoms with E-state index < -0.39 is 0 Å². The minimum Gasteiger partial charge on any atom is -0.497 e. The molecule has 0 unspecified atom stereocenters. The molecule has 1 aromatic heterocycles. The zero-order chi connectivity index (χ0) is 27.8. The summed E-state index contributed by atoms with van der Waals surface area (Å²) in [6.45, 7) is 3.15. The summed E-state index contributed by atoms with van der Waals surface area (Å²) in [7, 11) is 1.71. The van der Waals surface area contributed by atoms with Crippen molar-refractivity contribution in [3.05, 3.63) is 101 Å². The number of aromatic nitrogens is 1. The molecule has 41 heavy (non-hydrogen) atoms. The Morgan fingerprint density at radius 2 is 1.66 bits per heavy atom. The van der Waals surface area contributed by atoms with Gasteiger partial charge in [0.2, 0.25) is 0 Å². The minimum atomic E-state index is 0.385. The summed E-state index contributed by atoms with van der Waals surface area (Å²) in [5.41, 5.74) is 5.12. The van der Waals surface area contributed by atoms with Gasteiger partial charge >= 0.3 is 0 Å². The highest BCUT2D eigenvalue weighted by Gasteiger charge is 2.22. The molecule has 5 aromatic rings. The Labute approximate surface area is 247 Å². The lowest BCUT2D eigenvalue weighted by Crippen LogP contribution is -2.38. The van der Waals surface area contributed by atoms with Crippen molar-refractivity contribution in [2.45, 2.75) is 50.6 Å². The maximum atomic E-state index is 6.15. The van der Waals surface area contributed by atoms with E-state index in [4.69, 9.17) is 21.3 Å². The van der Waals surface area contributed by atoms with Gasteiger partial charge in [-0.3, -0.25) is 4.90 Å². The molecule has 0 amide bonds. The molecular formula is C36H36ClN3O. The number of piperidine rings is 1. The second-order valence-electron chi connectivity index (χ2n) is 11.7. The Morgan fingerprint density at radius 1 is 0.854 bits per heavy atom. The number of hydrogen-bond donors (Lipinski definition) is 1. The van der Waals surface area contributed by atoms with Crippen LogP contribution in [0.5, 0.6) is 5.75 Å². The number of benzene rings is 4. The average Bonchev–Trinajstić information content (AvgIpc) is 2.97. The van der Waals surface area contributed by atoms with Crippen molar-refractivity contribution in [3.63, 3.8) is 0 Å². The fourth-order valence-corrected chi connectivity index (χ4v) is 6.55. The van der Waals surface area contributed by atoms with Gasteiger partial charge in [0.05, 0.1) is 7.11 Å². The average molecular weight is 562 g/mol. The van der Waals surface area contributed by atoms with Gasteiger partial charge in [-0.25, -0.2) is 4.98 Å². The van der Waals surface area contributed by atoms with Crippen LogP contribution in [0.4, 0.5) is 5.82 Å². The molecule has 1 saturated carbocycles. The van der Waals surface area contributed by atoms with Crippen LogP contribution in [0, 0.1) is 0 Å². The summed E-state index contributed by atoms with van der Waals surface area (Å²) in [6, 6.07) is 28.7. The number of likely N-dealkylation sites (tertiary alicyclic amines) is 1. The molecule has 2 fully saturated rings. The third kappa shape index (κ3) is 5.51. The molecule has 2 heterocycles. The molecule has 0 spiro atoms. The first-order valence-corrected chi connectivity index (χ1v) is 15.2. The highest BCUT2D eigenvalue weighted by Crippen LogP contribution is 2.38. The summed E-state index contributed by atoms with van der Waals surface area (Å²) in [4.78, 5) is 7.50. The first kappa shape index (κ1) is 26.3. The van der Waals surface area contributed by atoms with Crippen LogP contribution in [-0.4, -0.2) is 36.1 Å². The quantitative estimate of drug-likeness (QED) is 0.215. The predicted molar refractivity (Wildman–Crippen MR) is 171 cm³/mol. The van der Waals surface area contributed by atoms with Gasteiger partial charge < -0.3 is 10.1 Å². The van der Waals surface area contributed by atoms with E-state index in [1.54, 1.807) is 7.11 Å². The van der Waals surface area contributed by atoms with Crippen molar-refractivity contribution in [2.24, 2.45) is 0 Å². The Kier molecular flexibility index (Phi) is 7.28. The third-order valence-electron chi connectivity index (χ3n) is 9.09. The maximum absolute atomic E-state index is 6.15. The summed E-state index contributed by atoms with van der Waals surface area (Å²) in [6.07, 6.45) is 8.23. The van der Waals surface area contributed by atoms with Gasteiger partial charge in [-0.1, -0.05) is 60.5 Å². The van der Waals surface area contributed by atoms with E-state index in [-0.39, 0.29) is 0 Å². The number of pyridine rings is 1. The van der Waals surface area contributed by atoms with Crippen LogP contribution >= 0.6 is 11.6 Å². The summed E-state index contributed by atoms with van der Waals surface area (Å²) >= 11 is 6.15. The lowest BCUT2D eigenvalue weighted by molar-refractivity contribution is 0.211. The van der Waals surface area contributed by atoms with Gasteiger partial charge in [0.1, 0.15) is 11.6 Å². The number of halogens is 1. The largest absolute Gasteiger partial charge is 0.497 e. The first-order valence-electron chi connectivity index (χ1n) is 14.9. The molecule has 0 radical (unpaired) electrons. The summed E-state index contributed by atoms with van der Waals surface area (Å²) in [5.74, 6) is 2.53. The van der Waals surface area contributed by atoms with Gasteiger partial charge in [0.15, 0.2) is 0 Å². The standard InChI is InChI=1S/C36H36ClN3O/c1-41-32-13-14-33-34(21-32)36(38-22-35(33)27-9-11-30(37)12-10-27)39-31-15-17-40(18-16-31)23-24-5-6-26-7-8-28(20-29(26)19-24)25-3-2-4-25/h5-14,19-22,25,31H,2-4,15-18,23H2,1H3,(H,38,39). The zero-order valence-corrected chi connectivity index (χ0v) is 24.3. The lowest BCUT2D eigenvalue weighted by Gasteiger charge is -2.33. The van der Waals surface area contributed by atoms with E-state index >= 15 is 0 Å². The van der Waals surface area contributed by atoms with E-state index in [0.717, 1.165) is 76.9 Å². The SMILES string of the molecule is COc1ccc2c(-c3ccc(Cl)cc3)cnc(NC3CCN(Cc4ccc5ccc(C6CCC6)cc5c4)CC3)c2c1. The number of ether oxygens (including phenoxy) is 1. The number of nitrogens with one attached hydrogen (secondary N) is 1. The molecule has 5 heteroatoms. The molecule has 1 saturated heterocycles. The normalized spacial score (nSPS) is 16.6. The lowest BCUT2D eigenvalue weighted by atomic mass is 9.79. The zero-order valence-electron chi connectivity index (χ0n) is 23.6. The molecule has 1 aliphatic carbocycles. The Hall–Kier alpha value is -3.60. The maximum Gasteiger partial charge on any atom is 0.134 e. The smallest absolute Gasteiger partial charge is 0.134 e. The molecule has 1 N–H and O–H groups in total. The monoisotopic (exact) mass is 561 g/mol. The van der Waals surface area contributed by atoms with Crippen LogP contribution < -0.4 is 10.1 Å². The molecule has 0 bridgehead atoms. The molecule has 4 nitrogen and oxygen atoms in total. The summed E-state index contributed by atoms with van der Waals surface area (Å²) in [5, 5.41) is 9.48. The molecule has 208 valence electrons. The predicted octanol–water partition coefficient (Wildman–Crippen LogP) is 9.06. The van der Waals surface area contributed by atoms with Crippen molar-refractivity contribution in [1.82, 2.24) is 9.88 Å². The van der Waals surface area contributed by atoms with Gasteiger partial charge in [-0.05, 0) is 101 Å². The first-order chi connectivity index (χ1) is 20.1. The van der Waals surface area contributed by atoms with Crippen LogP contribution in [-0.2, 0) is 6.54 Å². The topological polar surface area (TPSA) is 37.4 Å². The van der Waals surface area contributed by atoms with E-state index in [2.05, 4.69) is 70.9 Å². The highest BCUT2D eigenvalue weighted by atomic mass is 35.5. The van der Waals surface area contributed by atoms with Gasteiger partial charge in [-0.15, -0.1) is 0 Å². The molecular weight excluding hydrogens is 526 g/mol. The second kappa shape index (κ2) is 11.3. The van der Waals surface area contributed by atoms with E-state index in [1.807, 2.05) is 24.4 Å². The minimum absolute atomic E-state index is 0.385. The van der Waals surface area contributed by atoms with Gasteiger partial charge in [0, 0.05) is 47.8 Å². The summed E-state index contributed by atoms with van der Waals surface area (Å²) < 4.78 is 5.57. The van der Waals surface area contributed by atoms with Crippen molar-refractivity contribution in [2.75, 3.05) is 25.5 Å². The number of hydrogen-bond acceptors (Lipinski definition) is 4. The van der Waals surface area contributed by atoms with Crippen molar-refractivity contribution in [3.8, 4) is 16.9 Å². The van der Waals surface area contributed by atoms with Crippen LogP contribution in [0.15, 0.2) is 85.1 Å². The fourth-order valence-electron chi connectivity index (χ4n) is 6.42. The van der Waals surface area contributed by atoms with Crippen LogP contribution in [0.25, 0.3) is 32.7 Å². The van der Waals surface area contributed by atoms with Crippen LogP contribution in [0.3, 0.4) is 0 Å². The molecule has 1 aliphatic heterocycles. The molecule has 4 aromatic carbocycles. The number of rotatable bonds is 7. The number of methoxy groups -OCH3 is 1. The van der Waals surface area contributed by atoms with Crippen molar-refractivity contribution in [1.29, 1.82) is 0 Å². The Morgan fingerprint density at radius 3 is 2.41 bits per heavy atom. The number of fused-ring (bicyclic) bond motifs is 2. The molecule has 7 rings (SSSR count). The van der Waals surface area contributed by atoms with Crippen LogP contribution in [0.2, 0.25) is 5.02 Å². The van der Waals surface area contributed by atoms with Crippen molar-refractivity contribution >= 4 is 39.0 Å². The van der Waals surface area contributed by atoms with E-state index in [9.17, 15) is 0 Å². The third-order valence-corrected chi connectivity index (χ3v) is 9.34. The van der Waals surface area contributed by atoms with Gasteiger partial charge in [-0.2, -0.15) is 0 Å².